The van der Waals surface area contributed by atoms with Crippen molar-refractivity contribution in [2.75, 3.05) is 14.1 Å². The Morgan fingerprint density at radius 1 is 1.36 bits per heavy atom. The van der Waals surface area contributed by atoms with Crippen LogP contribution in [0.1, 0.15) is 12.8 Å². The van der Waals surface area contributed by atoms with Gasteiger partial charge >= 0.3 is 0 Å². The van der Waals surface area contributed by atoms with Crippen molar-refractivity contribution in [3.05, 3.63) is 12.2 Å². The highest BCUT2D eigenvalue weighted by Crippen LogP contribution is 1.89. The summed E-state index contributed by atoms with van der Waals surface area (Å²) in [4.78, 5) is 22.2. The Labute approximate surface area is 66.7 Å². The molecule has 0 aromatic carbocycles. The van der Waals surface area contributed by atoms with Crippen molar-refractivity contribution in [2.45, 2.75) is 12.8 Å². The number of hydrogen-bond donors (Lipinski definition) is 0. The molecule has 0 N–H and O–H groups in total. The lowest BCUT2D eigenvalue weighted by Gasteiger charge is -2.06. The average molecular weight is 155 g/mol. The summed E-state index contributed by atoms with van der Waals surface area (Å²) in [5.74, 6) is 0.0483. The van der Waals surface area contributed by atoms with E-state index >= 15 is 0 Å². The molecule has 0 aliphatic heterocycles. The zero-order valence-corrected chi connectivity index (χ0v) is 6.91. The number of carbonyl (C=O) groups is 2. The predicted molar refractivity (Wildman–Crippen MR) is 43.1 cm³/mol. The van der Waals surface area contributed by atoms with Crippen molar-refractivity contribution in [3.8, 4) is 0 Å². The molecule has 0 saturated heterocycles. The van der Waals surface area contributed by atoms with Gasteiger partial charge < -0.3 is 9.69 Å². The molecule has 1 amide bonds. The summed E-state index contributed by atoms with van der Waals surface area (Å²) in [6.07, 6.45) is 4.96. The van der Waals surface area contributed by atoms with Gasteiger partial charge in [0.25, 0.3) is 0 Å². The summed E-state index contributed by atoms with van der Waals surface area (Å²) in [7, 11) is 3.41. The van der Waals surface area contributed by atoms with Crippen LogP contribution in [0.15, 0.2) is 12.2 Å². The Morgan fingerprint density at radius 3 is 2.45 bits per heavy atom. The van der Waals surface area contributed by atoms with Gasteiger partial charge in [-0.05, 0) is 0 Å². The molecule has 0 atom stereocenters. The quantitative estimate of drug-likeness (QED) is 0.440. The third kappa shape index (κ3) is 5.33. The first-order valence-corrected chi connectivity index (χ1v) is 3.47. The van der Waals surface area contributed by atoms with Crippen molar-refractivity contribution in [3.63, 3.8) is 0 Å². The van der Waals surface area contributed by atoms with Crippen molar-refractivity contribution in [2.24, 2.45) is 0 Å². The molecule has 11 heavy (non-hydrogen) atoms. The van der Waals surface area contributed by atoms with E-state index in [1.807, 2.05) is 0 Å². The number of amides is 1. The van der Waals surface area contributed by atoms with Crippen LogP contribution in [0.25, 0.3) is 0 Å². The summed E-state index contributed by atoms with van der Waals surface area (Å²) in [5, 5.41) is 0. The Hall–Kier alpha value is -1.12. The van der Waals surface area contributed by atoms with E-state index in [0.717, 1.165) is 6.29 Å². The molecule has 0 unspecified atom stereocenters. The average Bonchev–Trinajstić information content (AvgIpc) is 1.97. The Balaban J connectivity index is 3.53. The fourth-order valence-electron chi connectivity index (χ4n) is 0.519. The topological polar surface area (TPSA) is 37.4 Å². The van der Waals surface area contributed by atoms with E-state index < -0.39 is 0 Å². The third-order valence-corrected chi connectivity index (χ3v) is 1.19. The molecule has 0 radical (unpaired) electrons. The number of allylic oxidation sites excluding steroid dienone is 1. The van der Waals surface area contributed by atoms with E-state index in [2.05, 4.69) is 0 Å². The number of nitrogens with zero attached hydrogens (tertiary/aromatic N) is 1. The molecule has 62 valence electrons. The second-order valence-electron chi connectivity index (χ2n) is 2.37. The SMILES string of the molecule is CN(C)C(=O)CC=CCC=O. The molecule has 0 aliphatic carbocycles. The number of rotatable bonds is 4. The monoisotopic (exact) mass is 155 g/mol. The molecule has 3 heteroatoms. The van der Waals surface area contributed by atoms with Crippen LogP contribution < -0.4 is 0 Å². The third-order valence-electron chi connectivity index (χ3n) is 1.19. The van der Waals surface area contributed by atoms with Crippen molar-refractivity contribution in [1.82, 2.24) is 4.90 Å². The van der Waals surface area contributed by atoms with E-state index in [1.54, 1.807) is 26.2 Å². The molecular formula is C8H13NO2. The first-order chi connectivity index (χ1) is 5.18. The fraction of sp³-hybridized carbons (Fsp3) is 0.500. The first kappa shape index (κ1) is 9.88. The lowest BCUT2D eigenvalue weighted by atomic mass is 10.3. The summed E-state index contributed by atoms with van der Waals surface area (Å²) in [5.41, 5.74) is 0. The fourth-order valence-corrected chi connectivity index (χ4v) is 0.519. The van der Waals surface area contributed by atoms with Crippen LogP contribution in [0.4, 0.5) is 0 Å². The van der Waals surface area contributed by atoms with Crippen LogP contribution in [-0.4, -0.2) is 31.2 Å². The zero-order valence-electron chi connectivity index (χ0n) is 6.91. The van der Waals surface area contributed by atoms with Gasteiger partial charge in [0.05, 0.1) is 0 Å². The minimum atomic E-state index is 0.0483. The lowest BCUT2D eigenvalue weighted by Crippen LogP contribution is -2.20. The number of hydrogen-bond acceptors (Lipinski definition) is 2. The highest BCUT2D eigenvalue weighted by Gasteiger charge is 1.98. The van der Waals surface area contributed by atoms with E-state index in [0.29, 0.717) is 12.8 Å². The number of carbonyl (C=O) groups excluding carboxylic acids is 2. The van der Waals surface area contributed by atoms with Crippen LogP contribution in [0, 0.1) is 0 Å². The largest absolute Gasteiger partial charge is 0.349 e. The molecule has 3 nitrogen and oxygen atoms in total. The van der Waals surface area contributed by atoms with E-state index in [4.69, 9.17) is 0 Å². The summed E-state index contributed by atoms with van der Waals surface area (Å²) >= 11 is 0. The Morgan fingerprint density at radius 2 is 2.00 bits per heavy atom. The molecule has 0 aliphatic rings. The van der Waals surface area contributed by atoms with Gasteiger partial charge in [-0.3, -0.25) is 4.79 Å². The number of aldehydes is 1. The zero-order chi connectivity index (χ0) is 8.69. The van der Waals surface area contributed by atoms with Gasteiger partial charge in [0.1, 0.15) is 6.29 Å². The molecule has 0 bridgehead atoms. The summed E-state index contributed by atoms with van der Waals surface area (Å²) in [6.45, 7) is 0. The van der Waals surface area contributed by atoms with Crippen LogP contribution in [0.2, 0.25) is 0 Å². The second-order valence-corrected chi connectivity index (χ2v) is 2.37. The normalized spacial score (nSPS) is 10.0. The minimum absolute atomic E-state index is 0.0483. The van der Waals surface area contributed by atoms with Crippen LogP contribution in [0.3, 0.4) is 0 Å². The standard InChI is InChI=1S/C8H13NO2/c1-9(2)8(11)6-4-3-5-7-10/h3-4,7H,5-6H2,1-2H3. The van der Waals surface area contributed by atoms with E-state index in [-0.39, 0.29) is 5.91 Å². The molecule has 0 aromatic rings. The highest BCUT2D eigenvalue weighted by atomic mass is 16.2. The predicted octanol–water partition coefficient (Wildman–Crippen LogP) is 0.610. The first-order valence-electron chi connectivity index (χ1n) is 3.47. The van der Waals surface area contributed by atoms with Gasteiger partial charge in [-0.2, -0.15) is 0 Å². The van der Waals surface area contributed by atoms with Crippen molar-refractivity contribution < 1.29 is 9.59 Å². The summed E-state index contributed by atoms with van der Waals surface area (Å²) in [6, 6.07) is 0. The van der Waals surface area contributed by atoms with Gasteiger partial charge in [0.15, 0.2) is 0 Å². The van der Waals surface area contributed by atoms with Gasteiger partial charge in [-0.1, -0.05) is 12.2 Å². The van der Waals surface area contributed by atoms with Crippen LogP contribution in [0.5, 0.6) is 0 Å². The molecule has 0 aromatic heterocycles. The molecule has 0 fully saturated rings. The van der Waals surface area contributed by atoms with E-state index in [9.17, 15) is 9.59 Å². The van der Waals surface area contributed by atoms with Crippen LogP contribution in [-0.2, 0) is 9.59 Å². The second kappa shape index (κ2) is 5.65. The summed E-state index contributed by atoms with van der Waals surface area (Å²) < 4.78 is 0. The Bertz CT molecular complexity index is 161. The lowest BCUT2D eigenvalue weighted by molar-refractivity contribution is -0.127. The maximum atomic E-state index is 10.9. The molecule has 0 rings (SSSR count). The molecule has 0 spiro atoms. The van der Waals surface area contributed by atoms with Crippen molar-refractivity contribution in [1.29, 1.82) is 0 Å². The van der Waals surface area contributed by atoms with Crippen LogP contribution >= 0.6 is 0 Å². The minimum Gasteiger partial charge on any atom is -0.349 e. The van der Waals surface area contributed by atoms with Crippen molar-refractivity contribution >= 4 is 12.2 Å². The van der Waals surface area contributed by atoms with E-state index in [1.165, 1.54) is 4.90 Å². The van der Waals surface area contributed by atoms with Gasteiger partial charge in [-0.15, -0.1) is 0 Å². The molecule has 0 heterocycles. The highest BCUT2D eigenvalue weighted by molar-refractivity contribution is 5.77. The smallest absolute Gasteiger partial charge is 0.225 e. The maximum Gasteiger partial charge on any atom is 0.225 e. The van der Waals surface area contributed by atoms with Gasteiger partial charge in [-0.25, -0.2) is 0 Å². The van der Waals surface area contributed by atoms with Gasteiger partial charge in [0, 0.05) is 26.9 Å². The Kier molecular flexibility index (Phi) is 5.07. The van der Waals surface area contributed by atoms with Gasteiger partial charge in [0.2, 0.25) is 5.91 Å². The maximum absolute atomic E-state index is 10.9. The molecule has 0 saturated carbocycles. The molecular weight excluding hydrogens is 142 g/mol.